The van der Waals surface area contributed by atoms with E-state index in [-0.39, 0.29) is 0 Å². The predicted molar refractivity (Wildman–Crippen MR) is 70.1 cm³/mol. The Morgan fingerprint density at radius 1 is 1.19 bits per heavy atom. The van der Waals surface area contributed by atoms with E-state index in [1.807, 2.05) is 36.4 Å². The number of pyridine rings is 1. The Hall–Kier alpha value is -1.55. The molecule has 0 bridgehead atoms. The maximum absolute atomic E-state index is 5.85. The van der Waals surface area contributed by atoms with Crippen LogP contribution in [-0.2, 0) is 6.54 Å². The van der Waals surface area contributed by atoms with Crippen molar-refractivity contribution in [3.8, 4) is 0 Å². The normalized spacial score (nSPS) is 10.1. The van der Waals surface area contributed by atoms with Crippen molar-refractivity contribution in [2.75, 3.05) is 11.1 Å². The molecule has 3 nitrogen and oxygen atoms in total. The summed E-state index contributed by atoms with van der Waals surface area (Å²) < 4.78 is 0.949. The van der Waals surface area contributed by atoms with Crippen molar-refractivity contribution in [3.05, 3.63) is 52.6 Å². The van der Waals surface area contributed by atoms with Gasteiger partial charge in [0.1, 0.15) is 5.82 Å². The lowest BCUT2D eigenvalue weighted by atomic mass is 10.2. The van der Waals surface area contributed by atoms with E-state index in [4.69, 9.17) is 5.73 Å². The van der Waals surface area contributed by atoms with Crippen LogP contribution in [0.1, 0.15) is 5.56 Å². The van der Waals surface area contributed by atoms with Crippen LogP contribution < -0.4 is 11.1 Å². The van der Waals surface area contributed by atoms with E-state index >= 15 is 0 Å². The number of hydrogen-bond acceptors (Lipinski definition) is 3. The highest BCUT2D eigenvalue weighted by atomic mass is 79.9. The minimum atomic E-state index is 0.669. The van der Waals surface area contributed by atoms with Gasteiger partial charge < -0.3 is 11.1 Å². The van der Waals surface area contributed by atoms with Crippen LogP contribution in [0.5, 0.6) is 0 Å². The second-order valence-corrected chi connectivity index (χ2v) is 4.24. The molecular weight excluding hydrogens is 266 g/mol. The number of nitrogens with two attached hydrogens (primary N) is 1. The zero-order valence-electron chi connectivity index (χ0n) is 8.65. The fraction of sp³-hybridized carbons (Fsp3) is 0.0833. The average Bonchev–Trinajstić information content (AvgIpc) is 2.30. The molecule has 1 aromatic carbocycles. The molecule has 16 heavy (non-hydrogen) atoms. The van der Waals surface area contributed by atoms with Crippen molar-refractivity contribution in [1.82, 2.24) is 4.98 Å². The molecule has 0 atom stereocenters. The van der Waals surface area contributed by atoms with E-state index in [1.165, 1.54) is 0 Å². The molecule has 2 aromatic rings. The Bertz CT molecular complexity index is 440. The van der Waals surface area contributed by atoms with Gasteiger partial charge in [-0.15, -0.1) is 0 Å². The first kappa shape index (κ1) is 11.0. The number of nitrogens with zero attached hydrogens (tertiary/aromatic N) is 1. The SMILES string of the molecule is Nc1ccccc1CNc1ncccc1Br. The summed E-state index contributed by atoms with van der Waals surface area (Å²) in [6.45, 7) is 0.669. The molecule has 0 fully saturated rings. The summed E-state index contributed by atoms with van der Waals surface area (Å²) in [5.41, 5.74) is 7.71. The third kappa shape index (κ3) is 2.52. The van der Waals surface area contributed by atoms with Gasteiger partial charge in [-0.1, -0.05) is 18.2 Å². The van der Waals surface area contributed by atoms with E-state index in [1.54, 1.807) is 6.20 Å². The van der Waals surface area contributed by atoms with Gasteiger partial charge in [-0.05, 0) is 39.7 Å². The Morgan fingerprint density at radius 3 is 2.75 bits per heavy atom. The van der Waals surface area contributed by atoms with Gasteiger partial charge in [0.25, 0.3) is 0 Å². The van der Waals surface area contributed by atoms with Crippen molar-refractivity contribution in [2.24, 2.45) is 0 Å². The van der Waals surface area contributed by atoms with Gasteiger partial charge >= 0.3 is 0 Å². The second kappa shape index (κ2) is 4.99. The zero-order valence-corrected chi connectivity index (χ0v) is 10.2. The molecule has 0 spiro atoms. The standard InChI is InChI=1S/C12H12BrN3/c13-10-5-3-7-15-12(10)16-8-9-4-1-2-6-11(9)14/h1-7H,8,14H2,(H,15,16). The van der Waals surface area contributed by atoms with E-state index in [9.17, 15) is 0 Å². The Labute approximate surface area is 103 Å². The first-order valence-corrected chi connectivity index (χ1v) is 5.74. The number of rotatable bonds is 3. The van der Waals surface area contributed by atoms with Crippen LogP contribution in [0, 0.1) is 0 Å². The summed E-state index contributed by atoms with van der Waals surface area (Å²) in [7, 11) is 0. The lowest BCUT2D eigenvalue weighted by molar-refractivity contribution is 1.11. The summed E-state index contributed by atoms with van der Waals surface area (Å²) in [5.74, 6) is 0.825. The highest BCUT2D eigenvalue weighted by Crippen LogP contribution is 2.20. The largest absolute Gasteiger partial charge is 0.398 e. The molecule has 0 saturated carbocycles. The first-order chi connectivity index (χ1) is 7.77. The topological polar surface area (TPSA) is 50.9 Å². The quantitative estimate of drug-likeness (QED) is 0.848. The van der Waals surface area contributed by atoms with Crippen LogP contribution in [0.25, 0.3) is 0 Å². The van der Waals surface area contributed by atoms with Gasteiger partial charge in [0.05, 0.1) is 4.47 Å². The molecule has 3 N–H and O–H groups in total. The zero-order chi connectivity index (χ0) is 11.4. The summed E-state index contributed by atoms with van der Waals surface area (Å²) in [4.78, 5) is 4.22. The third-order valence-corrected chi connectivity index (χ3v) is 2.90. The Balaban J connectivity index is 2.09. The predicted octanol–water partition coefficient (Wildman–Crippen LogP) is 3.04. The molecule has 1 aromatic heterocycles. The average molecular weight is 278 g/mol. The van der Waals surface area contributed by atoms with Crippen molar-refractivity contribution < 1.29 is 0 Å². The number of benzene rings is 1. The number of para-hydroxylation sites is 1. The van der Waals surface area contributed by atoms with Crippen LogP contribution >= 0.6 is 15.9 Å². The minimum Gasteiger partial charge on any atom is -0.398 e. The van der Waals surface area contributed by atoms with Gasteiger partial charge in [-0.2, -0.15) is 0 Å². The van der Waals surface area contributed by atoms with Crippen LogP contribution in [0.15, 0.2) is 47.1 Å². The van der Waals surface area contributed by atoms with Crippen molar-refractivity contribution >= 4 is 27.4 Å². The van der Waals surface area contributed by atoms with E-state index in [0.717, 1.165) is 21.5 Å². The Kier molecular flexibility index (Phi) is 3.41. The van der Waals surface area contributed by atoms with Crippen LogP contribution in [-0.4, -0.2) is 4.98 Å². The lowest BCUT2D eigenvalue weighted by Crippen LogP contribution is -2.04. The number of halogens is 1. The molecule has 0 aliphatic heterocycles. The monoisotopic (exact) mass is 277 g/mol. The maximum Gasteiger partial charge on any atom is 0.140 e. The summed E-state index contributed by atoms with van der Waals surface area (Å²) >= 11 is 3.43. The molecule has 1 heterocycles. The number of anilines is 2. The van der Waals surface area contributed by atoms with Crippen LogP contribution in [0.2, 0.25) is 0 Å². The molecule has 0 aliphatic carbocycles. The molecule has 4 heteroatoms. The van der Waals surface area contributed by atoms with Gasteiger partial charge in [0.15, 0.2) is 0 Å². The van der Waals surface area contributed by atoms with E-state index < -0.39 is 0 Å². The molecule has 82 valence electrons. The van der Waals surface area contributed by atoms with Crippen molar-refractivity contribution in [1.29, 1.82) is 0 Å². The third-order valence-electron chi connectivity index (χ3n) is 2.26. The van der Waals surface area contributed by atoms with Crippen molar-refractivity contribution in [3.63, 3.8) is 0 Å². The smallest absolute Gasteiger partial charge is 0.140 e. The Morgan fingerprint density at radius 2 is 2.00 bits per heavy atom. The maximum atomic E-state index is 5.85. The van der Waals surface area contributed by atoms with Crippen LogP contribution in [0.3, 0.4) is 0 Å². The molecule has 2 rings (SSSR count). The summed E-state index contributed by atoms with van der Waals surface area (Å²) in [6, 6.07) is 11.6. The van der Waals surface area contributed by atoms with Crippen LogP contribution in [0.4, 0.5) is 11.5 Å². The van der Waals surface area contributed by atoms with E-state index in [0.29, 0.717) is 6.54 Å². The highest BCUT2D eigenvalue weighted by Gasteiger charge is 2.01. The van der Waals surface area contributed by atoms with Gasteiger partial charge in [-0.3, -0.25) is 0 Å². The molecule has 0 unspecified atom stereocenters. The lowest BCUT2D eigenvalue weighted by Gasteiger charge is -2.08. The highest BCUT2D eigenvalue weighted by molar-refractivity contribution is 9.10. The van der Waals surface area contributed by atoms with Gasteiger partial charge in [-0.25, -0.2) is 4.98 Å². The molecular formula is C12H12BrN3. The number of nitrogens with one attached hydrogen (secondary N) is 1. The number of hydrogen-bond donors (Lipinski definition) is 2. The number of aromatic nitrogens is 1. The molecule has 0 radical (unpaired) electrons. The van der Waals surface area contributed by atoms with Gasteiger partial charge in [0, 0.05) is 18.4 Å². The summed E-state index contributed by atoms with van der Waals surface area (Å²) in [5, 5.41) is 3.23. The second-order valence-electron chi connectivity index (χ2n) is 3.39. The van der Waals surface area contributed by atoms with Gasteiger partial charge in [0.2, 0.25) is 0 Å². The molecule has 0 saturated heterocycles. The summed E-state index contributed by atoms with van der Waals surface area (Å²) in [6.07, 6.45) is 1.75. The molecule has 0 aliphatic rings. The molecule has 0 amide bonds. The number of nitrogen functional groups attached to an aromatic ring is 1. The minimum absolute atomic E-state index is 0.669. The fourth-order valence-corrected chi connectivity index (χ4v) is 1.79. The van der Waals surface area contributed by atoms with E-state index in [2.05, 4.69) is 26.2 Å². The first-order valence-electron chi connectivity index (χ1n) is 4.95. The fourth-order valence-electron chi connectivity index (χ4n) is 1.39. The van der Waals surface area contributed by atoms with Crippen molar-refractivity contribution in [2.45, 2.75) is 6.54 Å².